The van der Waals surface area contributed by atoms with Gasteiger partial charge >= 0.3 is 0 Å². The zero-order valence-electron chi connectivity index (χ0n) is 14.2. The molecule has 0 saturated carbocycles. The lowest BCUT2D eigenvalue weighted by molar-refractivity contribution is 0.101. The Morgan fingerprint density at radius 2 is 1.93 bits per heavy atom. The molecule has 1 aliphatic rings. The van der Waals surface area contributed by atoms with Crippen molar-refractivity contribution < 1.29 is 4.79 Å². The molecule has 1 N–H and O–H groups in total. The average Bonchev–Trinajstić information content (AvgIpc) is 3.43. The highest BCUT2D eigenvalue weighted by Crippen LogP contribution is 2.35. The van der Waals surface area contributed by atoms with Gasteiger partial charge in [-0.05, 0) is 54.1 Å². The van der Waals surface area contributed by atoms with Gasteiger partial charge in [-0.2, -0.15) is 4.68 Å². The van der Waals surface area contributed by atoms with E-state index in [4.69, 9.17) is 4.98 Å². The summed E-state index contributed by atoms with van der Waals surface area (Å²) >= 11 is 4.47. The molecule has 4 aromatic rings. The summed E-state index contributed by atoms with van der Waals surface area (Å²) < 4.78 is 1.33. The van der Waals surface area contributed by atoms with E-state index in [9.17, 15) is 9.59 Å². The first-order chi connectivity index (χ1) is 13.2. The normalized spacial score (nSPS) is 13.6. The molecule has 0 spiro atoms. The maximum atomic E-state index is 13.4. The van der Waals surface area contributed by atoms with Gasteiger partial charge in [-0.15, -0.1) is 34.0 Å². The van der Waals surface area contributed by atoms with Gasteiger partial charge in [-0.1, -0.05) is 12.1 Å². The third kappa shape index (κ3) is 2.84. The molecule has 1 amide bonds. The second-order valence-electron chi connectivity index (χ2n) is 6.36. The fourth-order valence-corrected chi connectivity index (χ4v) is 6.01. The Labute approximate surface area is 166 Å². The van der Waals surface area contributed by atoms with Gasteiger partial charge in [0, 0.05) is 4.88 Å². The predicted molar refractivity (Wildman–Crippen MR) is 112 cm³/mol. The monoisotopic (exact) mass is 413 g/mol. The average molecular weight is 414 g/mol. The summed E-state index contributed by atoms with van der Waals surface area (Å²) in [6, 6.07) is 7.40. The van der Waals surface area contributed by atoms with E-state index in [2.05, 4.69) is 5.43 Å². The summed E-state index contributed by atoms with van der Waals surface area (Å²) in [5.41, 5.74) is 3.72. The highest BCUT2D eigenvalue weighted by Gasteiger charge is 2.24. The second-order valence-corrected chi connectivity index (χ2v) is 9.34. The van der Waals surface area contributed by atoms with E-state index in [1.165, 1.54) is 32.2 Å². The van der Waals surface area contributed by atoms with Crippen LogP contribution in [0, 0.1) is 0 Å². The van der Waals surface area contributed by atoms with Crippen LogP contribution in [0.2, 0.25) is 0 Å². The van der Waals surface area contributed by atoms with Gasteiger partial charge in [-0.3, -0.25) is 15.0 Å². The first kappa shape index (κ1) is 16.9. The molecule has 5 nitrogen and oxygen atoms in total. The van der Waals surface area contributed by atoms with Crippen LogP contribution >= 0.6 is 34.0 Å². The number of amides is 1. The Hall–Kier alpha value is -2.29. The smallest absolute Gasteiger partial charge is 0.267 e. The fourth-order valence-electron chi connectivity index (χ4n) is 3.44. The first-order valence-electron chi connectivity index (χ1n) is 8.68. The van der Waals surface area contributed by atoms with Gasteiger partial charge in [0.25, 0.3) is 11.5 Å². The third-order valence-electron chi connectivity index (χ3n) is 4.69. The lowest BCUT2D eigenvalue weighted by Gasteiger charge is -2.13. The van der Waals surface area contributed by atoms with Crippen LogP contribution in [0.15, 0.2) is 39.8 Å². The number of rotatable bonds is 3. The third-order valence-corrected chi connectivity index (χ3v) is 7.61. The standard InChI is InChI=1S/C19H15N3O2S3/c23-17(14-8-4-10-26-14)21-22-16(13-7-3-9-25-13)20-18-15(19(22)24)11-5-1-2-6-12(11)27-18/h3-4,7-10H,1-2,5-6H2,(H,21,23). The van der Waals surface area contributed by atoms with E-state index in [0.717, 1.165) is 41.0 Å². The number of carbonyl (C=O) groups excluding carboxylic acids is 1. The lowest BCUT2D eigenvalue weighted by Crippen LogP contribution is -2.34. The van der Waals surface area contributed by atoms with Crippen molar-refractivity contribution in [3.63, 3.8) is 0 Å². The van der Waals surface area contributed by atoms with Gasteiger partial charge in [0.1, 0.15) is 4.83 Å². The summed E-state index contributed by atoms with van der Waals surface area (Å²) in [7, 11) is 0. The van der Waals surface area contributed by atoms with Crippen molar-refractivity contribution in [3.8, 4) is 10.7 Å². The Morgan fingerprint density at radius 1 is 1.11 bits per heavy atom. The molecule has 4 aromatic heterocycles. The minimum absolute atomic E-state index is 0.187. The van der Waals surface area contributed by atoms with E-state index in [1.54, 1.807) is 17.4 Å². The zero-order chi connectivity index (χ0) is 18.4. The Bertz CT molecular complexity index is 1190. The van der Waals surface area contributed by atoms with Gasteiger partial charge in [0.2, 0.25) is 0 Å². The summed E-state index contributed by atoms with van der Waals surface area (Å²) in [6.45, 7) is 0. The molecule has 0 unspecified atom stereocenters. The molecular weight excluding hydrogens is 398 g/mol. The number of hydrogen-bond donors (Lipinski definition) is 1. The molecule has 0 saturated heterocycles. The number of thiophene rings is 3. The molecule has 1 aliphatic carbocycles. The van der Waals surface area contributed by atoms with E-state index in [0.29, 0.717) is 16.1 Å². The number of aryl methyl sites for hydroxylation is 2. The van der Waals surface area contributed by atoms with Crippen LogP contribution in [0.4, 0.5) is 0 Å². The molecule has 0 bridgehead atoms. The Morgan fingerprint density at radius 3 is 2.70 bits per heavy atom. The molecule has 5 rings (SSSR count). The van der Waals surface area contributed by atoms with Crippen molar-refractivity contribution in [2.75, 3.05) is 5.43 Å². The van der Waals surface area contributed by atoms with Crippen molar-refractivity contribution >= 4 is 50.1 Å². The van der Waals surface area contributed by atoms with Crippen LogP contribution in [0.3, 0.4) is 0 Å². The summed E-state index contributed by atoms with van der Waals surface area (Å²) in [6.07, 6.45) is 4.16. The number of carbonyl (C=O) groups is 1. The molecule has 136 valence electrons. The van der Waals surface area contributed by atoms with E-state index >= 15 is 0 Å². The van der Waals surface area contributed by atoms with Crippen LogP contribution in [0.1, 0.15) is 33.0 Å². The summed E-state index contributed by atoms with van der Waals surface area (Å²) in [5, 5.41) is 4.45. The second kappa shape index (κ2) is 6.70. The van der Waals surface area contributed by atoms with Crippen LogP contribution in [0.5, 0.6) is 0 Å². The predicted octanol–water partition coefficient (Wildman–Crippen LogP) is 4.51. The van der Waals surface area contributed by atoms with E-state index in [1.807, 2.05) is 29.0 Å². The molecule has 0 radical (unpaired) electrons. The minimum Gasteiger partial charge on any atom is -0.267 e. The first-order valence-corrected chi connectivity index (χ1v) is 11.3. The molecule has 27 heavy (non-hydrogen) atoms. The van der Waals surface area contributed by atoms with Crippen molar-refractivity contribution in [3.05, 3.63) is 60.7 Å². The summed E-state index contributed by atoms with van der Waals surface area (Å²) in [4.78, 5) is 34.3. The van der Waals surface area contributed by atoms with Crippen molar-refractivity contribution in [1.82, 2.24) is 9.66 Å². The van der Waals surface area contributed by atoms with E-state index < -0.39 is 0 Å². The molecule has 0 aliphatic heterocycles. The molecule has 8 heteroatoms. The van der Waals surface area contributed by atoms with Crippen LogP contribution in [-0.4, -0.2) is 15.6 Å². The van der Waals surface area contributed by atoms with Crippen molar-refractivity contribution in [2.45, 2.75) is 25.7 Å². The quantitative estimate of drug-likeness (QED) is 0.537. The number of nitrogens with one attached hydrogen (secondary N) is 1. The van der Waals surface area contributed by atoms with E-state index in [-0.39, 0.29) is 11.5 Å². The molecule has 0 fully saturated rings. The lowest BCUT2D eigenvalue weighted by atomic mass is 9.97. The van der Waals surface area contributed by atoms with Crippen LogP contribution in [0.25, 0.3) is 20.9 Å². The molecular formula is C19H15N3O2S3. The number of hydrogen-bond acceptors (Lipinski definition) is 6. The SMILES string of the molecule is O=C(Nn1c(-c2cccs2)nc2sc3c(c2c1=O)CCCC3)c1cccs1. The Balaban J connectivity index is 1.73. The number of nitrogens with zero attached hydrogens (tertiary/aromatic N) is 2. The van der Waals surface area contributed by atoms with Gasteiger partial charge in [0.05, 0.1) is 15.1 Å². The number of aromatic nitrogens is 2. The van der Waals surface area contributed by atoms with Crippen LogP contribution < -0.4 is 11.0 Å². The molecule has 4 heterocycles. The van der Waals surface area contributed by atoms with Crippen LogP contribution in [-0.2, 0) is 12.8 Å². The van der Waals surface area contributed by atoms with Gasteiger partial charge < -0.3 is 0 Å². The van der Waals surface area contributed by atoms with Crippen molar-refractivity contribution in [1.29, 1.82) is 0 Å². The maximum absolute atomic E-state index is 13.4. The highest BCUT2D eigenvalue weighted by atomic mass is 32.1. The topological polar surface area (TPSA) is 64.0 Å². The summed E-state index contributed by atoms with van der Waals surface area (Å²) in [5.74, 6) is 0.196. The maximum Gasteiger partial charge on any atom is 0.281 e. The fraction of sp³-hybridized carbons (Fsp3) is 0.211. The molecule has 0 atom stereocenters. The van der Waals surface area contributed by atoms with Crippen molar-refractivity contribution in [2.24, 2.45) is 0 Å². The largest absolute Gasteiger partial charge is 0.281 e. The highest BCUT2D eigenvalue weighted by molar-refractivity contribution is 7.19. The Kier molecular flexibility index (Phi) is 4.18. The molecule has 0 aromatic carbocycles. The number of fused-ring (bicyclic) bond motifs is 3. The zero-order valence-corrected chi connectivity index (χ0v) is 16.7. The van der Waals surface area contributed by atoms with Gasteiger partial charge in [0.15, 0.2) is 5.82 Å². The minimum atomic E-state index is -0.296. The van der Waals surface area contributed by atoms with Gasteiger partial charge in [-0.25, -0.2) is 4.98 Å².